The van der Waals surface area contributed by atoms with Crippen LogP contribution in [0.2, 0.25) is 0 Å². The second kappa shape index (κ2) is 6.57. The average Bonchev–Trinajstić information content (AvgIpc) is 3.08. The zero-order valence-electron chi connectivity index (χ0n) is 13.9. The molecule has 2 heterocycles. The summed E-state index contributed by atoms with van der Waals surface area (Å²) in [6.45, 7) is 6.27. The summed E-state index contributed by atoms with van der Waals surface area (Å²) >= 11 is 0. The van der Waals surface area contributed by atoms with Gasteiger partial charge in [-0.25, -0.2) is 0 Å². The van der Waals surface area contributed by atoms with Gasteiger partial charge in [0.25, 0.3) is 5.91 Å². The fourth-order valence-electron chi connectivity index (χ4n) is 3.53. The van der Waals surface area contributed by atoms with Gasteiger partial charge >= 0.3 is 0 Å². The molecule has 0 spiro atoms. The third-order valence-electron chi connectivity index (χ3n) is 4.67. The molecule has 2 aliphatic heterocycles. The van der Waals surface area contributed by atoms with E-state index in [1.807, 2.05) is 41.8 Å². The van der Waals surface area contributed by atoms with Crippen molar-refractivity contribution >= 4 is 17.5 Å². The number of carbonyl (C=O) groups excluding carboxylic acids is 2. The van der Waals surface area contributed by atoms with Gasteiger partial charge in [-0.3, -0.25) is 9.59 Å². The monoisotopic (exact) mass is 312 g/mol. The summed E-state index contributed by atoms with van der Waals surface area (Å²) in [6, 6.07) is 8.14. The molecule has 1 atom stereocenters. The second-order valence-electron chi connectivity index (χ2n) is 6.70. The van der Waals surface area contributed by atoms with Crippen LogP contribution >= 0.6 is 0 Å². The number of likely N-dealkylation sites (tertiary alicyclic amines) is 1. The topological polar surface area (TPSA) is 40.6 Å². The molecular formula is C19H24N2O2. The zero-order valence-corrected chi connectivity index (χ0v) is 13.9. The lowest BCUT2D eigenvalue weighted by Gasteiger charge is -2.19. The molecule has 1 unspecified atom stereocenters. The fourth-order valence-corrected chi connectivity index (χ4v) is 3.53. The fraction of sp³-hybridized carbons (Fsp3) is 0.474. The largest absolute Gasteiger partial charge is 0.343 e. The first-order valence-corrected chi connectivity index (χ1v) is 8.39. The van der Waals surface area contributed by atoms with E-state index in [0.717, 1.165) is 37.2 Å². The number of fused-ring (bicyclic) bond motifs is 1. The van der Waals surface area contributed by atoms with Gasteiger partial charge in [0.05, 0.1) is 0 Å². The summed E-state index contributed by atoms with van der Waals surface area (Å²) < 4.78 is 0. The number of allylic oxidation sites excluding steroid dienone is 1. The lowest BCUT2D eigenvalue weighted by molar-refractivity contribution is -0.127. The maximum absolute atomic E-state index is 12.5. The molecule has 2 amide bonds. The van der Waals surface area contributed by atoms with E-state index in [1.54, 1.807) is 6.08 Å². The Labute approximate surface area is 137 Å². The van der Waals surface area contributed by atoms with Gasteiger partial charge in [-0.15, -0.1) is 0 Å². The van der Waals surface area contributed by atoms with Gasteiger partial charge in [-0.2, -0.15) is 0 Å². The molecule has 0 N–H and O–H groups in total. The molecule has 4 nitrogen and oxygen atoms in total. The molecule has 3 rings (SSSR count). The van der Waals surface area contributed by atoms with Crippen molar-refractivity contribution in [1.82, 2.24) is 4.90 Å². The molecule has 2 aliphatic rings. The Hall–Kier alpha value is -2.10. The summed E-state index contributed by atoms with van der Waals surface area (Å²) in [6.07, 6.45) is 4.28. The highest BCUT2D eigenvalue weighted by atomic mass is 16.2. The SMILES string of the molecule is CC(C)=CC(=O)N1CC(CCN2CCCC2=O)c2ccccc21. The van der Waals surface area contributed by atoms with Gasteiger partial charge in [-0.1, -0.05) is 23.8 Å². The van der Waals surface area contributed by atoms with Gasteiger partial charge in [0.2, 0.25) is 5.91 Å². The van der Waals surface area contributed by atoms with Crippen LogP contribution in [0.15, 0.2) is 35.9 Å². The van der Waals surface area contributed by atoms with Crippen molar-refractivity contribution in [2.75, 3.05) is 24.5 Å². The Balaban J connectivity index is 1.74. The van der Waals surface area contributed by atoms with Crippen molar-refractivity contribution in [3.8, 4) is 0 Å². The number of amides is 2. The lowest BCUT2D eigenvalue weighted by Crippen LogP contribution is -2.30. The maximum Gasteiger partial charge on any atom is 0.250 e. The number of rotatable bonds is 4. The number of hydrogen-bond donors (Lipinski definition) is 0. The minimum Gasteiger partial charge on any atom is -0.343 e. The first-order valence-electron chi connectivity index (χ1n) is 8.39. The lowest BCUT2D eigenvalue weighted by atomic mass is 9.98. The van der Waals surface area contributed by atoms with Crippen LogP contribution in [-0.4, -0.2) is 36.3 Å². The molecule has 1 fully saturated rings. The minimum atomic E-state index is 0.0530. The molecule has 1 aromatic rings. The summed E-state index contributed by atoms with van der Waals surface area (Å²) in [7, 11) is 0. The zero-order chi connectivity index (χ0) is 16.4. The highest BCUT2D eigenvalue weighted by Gasteiger charge is 2.32. The molecule has 0 saturated carbocycles. The van der Waals surface area contributed by atoms with E-state index in [4.69, 9.17) is 0 Å². The van der Waals surface area contributed by atoms with Crippen molar-refractivity contribution < 1.29 is 9.59 Å². The first kappa shape index (κ1) is 15.8. The number of nitrogens with zero attached hydrogens (tertiary/aromatic N) is 2. The van der Waals surface area contributed by atoms with E-state index >= 15 is 0 Å². The predicted octanol–water partition coefficient (Wildman–Crippen LogP) is 3.10. The van der Waals surface area contributed by atoms with E-state index in [9.17, 15) is 9.59 Å². The average molecular weight is 312 g/mol. The molecule has 1 saturated heterocycles. The molecule has 1 aromatic carbocycles. The first-order chi connectivity index (χ1) is 11.1. The van der Waals surface area contributed by atoms with Crippen molar-refractivity contribution in [2.45, 2.75) is 39.0 Å². The van der Waals surface area contributed by atoms with Crippen LogP contribution in [0.3, 0.4) is 0 Å². The minimum absolute atomic E-state index is 0.0530. The molecule has 0 radical (unpaired) electrons. The Bertz CT molecular complexity index is 647. The molecule has 0 aromatic heterocycles. The van der Waals surface area contributed by atoms with Gasteiger partial charge in [0.1, 0.15) is 0 Å². The molecule has 0 bridgehead atoms. The highest BCUT2D eigenvalue weighted by Crippen LogP contribution is 2.38. The van der Waals surface area contributed by atoms with Crippen LogP contribution in [-0.2, 0) is 9.59 Å². The van der Waals surface area contributed by atoms with Crippen molar-refractivity contribution in [2.24, 2.45) is 0 Å². The van der Waals surface area contributed by atoms with Crippen LogP contribution in [0.25, 0.3) is 0 Å². The van der Waals surface area contributed by atoms with Crippen LogP contribution in [0.5, 0.6) is 0 Å². The van der Waals surface area contributed by atoms with Crippen molar-refractivity contribution in [3.63, 3.8) is 0 Å². The standard InChI is InChI=1S/C19H24N2O2/c1-14(2)12-19(23)21-13-15(16-6-3-4-7-17(16)21)9-11-20-10-5-8-18(20)22/h3-4,6-7,12,15H,5,8-11,13H2,1-2H3. The Morgan fingerprint density at radius 1 is 1.30 bits per heavy atom. The second-order valence-corrected chi connectivity index (χ2v) is 6.70. The number of anilines is 1. The van der Waals surface area contributed by atoms with Crippen LogP contribution in [0.4, 0.5) is 5.69 Å². The van der Waals surface area contributed by atoms with E-state index < -0.39 is 0 Å². The summed E-state index contributed by atoms with van der Waals surface area (Å²) in [5.41, 5.74) is 3.26. The number of hydrogen-bond acceptors (Lipinski definition) is 2. The Morgan fingerprint density at radius 3 is 2.78 bits per heavy atom. The van der Waals surface area contributed by atoms with Crippen LogP contribution < -0.4 is 4.90 Å². The van der Waals surface area contributed by atoms with Crippen LogP contribution in [0, 0.1) is 0 Å². The van der Waals surface area contributed by atoms with Gasteiger partial charge in [0.15, 0.2) is 0 Å². The summed E-state index contributed by atoms with van der Waals surface area (Å²) in [4.78, 5) is 28.1. The maximum atomic E-state index is 12.5. The summed E-state index contributed by atoms with van der Waals surface area (Å²) in [5.74, 6) is 0.639. The smallest absolute Gasteiger partial charge is 0.250 e. The third-order valence-corrected chi connectivity index (χ3v) is 4.67. The Kier molecular flexibility index (Phi) is 4.51. The predicted molar refractivity (Wildman–Crippen MR) is 91.4 cm³/mol. The molecule has 4 heteroatoms. The normalized spacial score (nSPS) is 19.9. The van der Waals surface area contributed by atoms with Crippen molar-refractivity contribution in [1.29, 1.82) is 0 Å². The molecule has 23 heavy (non-hydrogen) atoms. The van der Waals surface area contributed by atoms with E-state index in [-0.39, 0.29) is 11.8 Å². The van der Waals surface area contributed by atoms with Gasteiger partial charge in [-0.05, 0) is 38.3 Å². The number of benzene rings is 1. The quantitative estimate of drug-likeness (QED) is 0.802. The number of carbonyl (C=O) groups is 2. The third kappa shape index (κ3) is 3.31. The van der Waals surface area contributed by atoms with Gasteiger partial charge < -0.3 is 9.80 Å². The molecule has 0 aliphatic carbocycles. The van der Waals surface area contributed by atoms with Crippen LogP contribution in [0.1, 0.15) is 44.6 Å². The van der Waals surface area contributed by atoms with Gasteiger partial charge in [0, 0.05) is 43.7 Å². The molecular weight excluding hydrogens is 288 g/mol. The van der Waals surface area contributed by atoms with E-state index in [0.29, 0.717) is 18.9 Å². The van der Waals surface area contributed by atoms with E-state index in [2.05, 4.69) is 6.07 Å². The summed E-state index contributed by atoms with van der Waals surface area (Å²) in [5, 5.41) is 0. The Morgan fingerprint density at radius 2 is 2.09 bits per heavy atom. The van der Waals surface area contributed by atoms with E-state index in [1.165, 1.54) is 5.56 Å². The highest BCUT2D eigenvalue weighted by molar-refractivity contribution is 6.03. The van der Waals surface area contributed by atoms with Crippen molar-refractivity contribution in [3.05, 3.63) is 41.5 Å². The molecule has 122 valence electrons. The number of para-hydroxylation sites is 1.